The van der Waals surface area contributed by atoms with Crippen molar-refractivity contribution in [2.45, 2.75) is 19.4 Å². The van der Waals surface area contributed by atoms with Gasteiger partial charge in [0.15, 0.2) is 0 Å². The van der Waals surface area contributed by atoms with Gasteiger partial charge in [0.2, 0.25) is 5.91 Å². The molecule has 2 amide bonds. The van der Waals surface area contributed by atoms with E-state index in [0.29, 0.717) is 6.42 Å². The molecule has 0 fully saturated rings. The zero-order valence-corrected chi connectivity index (χ0v) is 16.2. The average molecular weight is 396 g/mol. The van der Waals surface area contributed by atoms with E-state index in [0.717, 1.165) is 22.3 Å². The fourth-order valence-electron chi connectivity index (χ4n) is 2.80. The van der Waals surface area contributed by atoms with Crippen LogP contribution in [0.3, 0.4) is 0 Å². The Bertz CT molecular complexity index is 894. The molecule has 1 atom stereocenters. The van der Waals surface area contributed by atoms with Gasteiger partial charge in [-0.1, -0.05) is 61.2 Å². The van der Waals surface area contributed by atoms with E-state index in [4.69, 9.17) is 9.84 Å². The van der Waals surface area contributed by atoms with E-state index in [9.17, 15) is 14.4 Å². The van der Waals surface area contributed by atoms with Crippen molar-refractivity contribution in [1.82, 2.24) is 10.6 Å². The van der Waals surface area contributed by atoms with Crippen molar-refractivity contribution in [3.63, 3.8) is 0 Å². The lowest BCUT2D eigenvalue weighted by atomic mass is 9.95. The number of aryl methyl sites for hydroxylation is 1. The molecule has 1 unspecified atom stereocenters. The van der Waals surface area contributed by atoms with Crippen molar-refractivity contribution < 1.29 is 24.2 Å². The Labute approximate surface area is 169 Å². The topological polar surface area (TPSA) is 105 Å². The summed E-state index contributed by atoms with van der Waals surface area (Å²) in [5.41, 5.74) is 3.75. The SMILES string of the molecule is C=Cc1ccccc1C(Cc1ccccc1C)OC(=O)NCC(=O)NCC(=O)O. The molecular weight excluding hydrogens is 372 g/mol. The molecule has 7 heteroatoms. The molecule has 2 aromatic rings. The van der Waals surface area contributed by atoms with Crippen LogP contribution in [0.2, 0.25) is 0 Å². The van der Waals surface area contributed by atoms with Gasteiger partial charge in [-0.15, -0.1) is 0 Å². The second-order valence-corrected chi connectivity index (χ2v) is 6.38. The lowest BCUT2D eigenvalue weighted by molar-refractivity contribution is -0.137. The number of hydrogen-bond acceptors (Lipinski definition) is 4. The molecule has 2 rings (SSSR count). The molecule has 0 aromatic heterocycles. The predicted molar refractivity (Wildman–Crippen MR) is 109 cm³/mol. The van der Waals surface area contributed by atoms with Crippen LogP contribution in [-0.4, -0.2) is 36.2 Å². The molecule has 0 bridgehead atoms. The summed E-state index contributed by atoms with van der Waals surface area (Å²) in [5, 5.41) is 13.1. The number of benzene rings is 2. The molecule has 0 heterocycles. The standard InChI is InChI=1S/C22H24N2O5/c1-3-16-9-6-7-11-18(16)19(12-17-10-5-4-8-15(17)2)29-22(28)24-13-20(25)23-14-21(26)27/h3-11,19H,1,12-14H2,2H3,(H,23,25)(H,24,28)(H,26,27). The summed E-state index contributed by atoms with van der Waals surface area (Å²) < 4.78 is 5.62. The Hall–Kier alpha value is -3.61. The smallest absolute Gasteiger partial charge is 0.408 e. The van der Waals surface area contributed by atoms with Gasteiger partial charge in [-0.2, -0.15) is 0 Å². The highest BCUT2D eigenvalue weighted by atomic mass is 16.6. The van der Waals surface area contributed by atoms with Crippen LogP contribution in [0.4, 0.5) is 4.79 Å². The summed E-state index contributed by atoms with van der Waals surface area (Å²) in [6.07, 6.45) is 0.789. The zero-order chi connectivity index (χ0) is 21.2. The Kier molecular flexibility index (Phi) is 7.97. The second kappa shape index (κ2) is 10.7. The number of ether oxygens (including phenoxy) is 1. The number of nitrogens with one attached hydrogen (secondary N) is 2. The maximum Gasteiger partial charge on any atom is 0.408 e. The second-order valence-electron chi connectivity index (χ2n) is 6.38. The molecule has 2 aromatic carbocycles. The van der Waals surface area contributed by atoms with Gasteiger partial charge in [0.05, 0.1) is 0 Å². The van der Waals surface area contributed by atoms with Crippen LogP contribution in [-0.2, 0) is 20.7 Å². The largest absolute Gasteiger partial charge is 0.480 e. The fraction of sp³-hybridized carbons (Fsp3) is 0.227. The number of amides is 2. The summed E-state index contributed by atoms with van der Waals surface area (Å²) in [6.45, 7) is 4.90. The van der Waals surface area contributed by atoms with Gasteiger partial charge in [-0.3, -0.25) is 9.59 Å². The maximum absolute atomic E-state index is 12.3. The third-order valence-electron chi connectivity index (χ3n) is 4.31. The monoisotopic (exact) mass is 396 g/mol. The minimum absolute atomic E-state index is 0.383. The van der Waals surface area contributed by atoms with Crippen molar-refractivity contribution in [3.05, 3.63) is 77.4 Å². The average Bonchev–Trinajstić information content (AvgIpc) is 2.71. The zero-order valence-electron chi connectivity index (χ0n) is 16.2. The van der Waals surface area contributed by atoms with Gasteiger partial charge in [-0.05, 0) is 23.6 Å². The summed E-state index contributed by atoms with van der Waals surface area (Å²) >= 11 is 0. The Morgan fingerprint density at radius 1 is 1.07 bits per heavy atom. The van der Waals surface area contributed by atoms with Crippen molar-refractivity contribution in [3.8, 4) is 0 Å². The first-order valence-electron chi connectivity index (χ1n) is 9.09. The van der Waals surface area contributed by atoms with Crippen molar-refractivity contribution in [2.75, 3.05) is 13.1 Å². The predicted octanol–water partition coefficient (Wildman–Crippen LogP) is 2.85. The highest BCUT2D eigenvalue weighted by Gasteiger charge is 2.21. The minimum Gasteiger partial charge on any atom is -0.480 e. The molecule has 7 nitrogen and oxygen atoms in total. The van der Waals surface area contributed by atoms with Crippen molar-refractivity contribution in [2.24, 2.45) is 0 Å². The summed E-state index contributed by atoms with van der Waals surface area (Å²) in [6, 6.07) is 15.3. The van der Waals surface area contributed by atoms with Gasteiger partial charge in [0.25, 0.3) is 0 Å². The lowest BCUT2D eigenvalue weighted by Gasteiger charge is -2.21. The highest BCUT2D eigenvalue weighted by molar-refractivity contribution is 5.85. The molecule has 29 heavy (non-hydrogen) atoms. The fourth-order valence-corrected chi connectivity index (χ4v) is 2.80. The number of hydrogen-bond donors (Lipinski definition) is 3. The first kappa shape index (κ1) is 21.7. The number of carbonyl (C=O) groups excluding carboxylic acids is 2. The molecule has 0 spiro atoms. The number of rotatable bonds is 9. The number of carboxylic acid groups (broad SMARTS) is 1. The van der Waals surface area contributed by atoms with Crippen LogP contribution in [0.15, 0.2) is 55.1 Å². The van der Waals surface area contributed by atoms with Gasteiger partial charge in [0, 0.05) is 12.0 Å². The lowest BCUT2D eigenvalue weighted by Crippen LogP contribution is -2.39. The summed E-state index contributed by atoms with van der Waals surface area (Å²) in [5.74, 6) is -1.79. The molecule has 0 saturated carbocycles. The van der Waals surface area contributed by atoms with Gasteiger partial charge < -0.3 is 20.5 Å². The highest BCUT2D eigenvalue weighted by Crippen LogP contribution is 2.27. The number of aliphatic carboxylic acids is 1. The van der Waals surface area contributed by atoms with E-state index in [1.54, 1.807) is 6.08 Å². The number of carboxylic acids is 1. The molecule has 0 aliphatic rings. The Balaban J connectivity index is 2.12. The van der Waals surface area contributed by atoms with Crippen LogP contribution in [0.5, 0.6) is 0 Å². The van der Waals surface area contributed by atoms with Crippen LogP contribution >= 0.6 is 0 Å². The van der Waals surface area contributed by atoms with E-state index in [1.165, 1.54) is 0 Å². The van der Waals surface area contributed by atoms with E-state index in [1.807, 2.05) is 55.5 Å². The maximum atomic E-state index is 12.3. The molecule has 0 aliphatic heterocycles. The molecular formula is C22H24N2O5. The van der Waals surface area contributed by atoms with E-state index < -0.39 is 30.6 Å². The third kappa shape index (κ3) is 6.80. The third-order valence-corrected chi connectivity index (χ3v) is 4.31. The quantitative estimate of drug-likeness (QED) is 0.605. The molecule has 0 aliphatic carbocycles. The van der Waals surface area contributed by atoms with Crippen LogP contribution in [0, 0.1) is 6.92 Å². The van der Waals surface area contributed by atoms with Crippen molar-refractivity contribution in [1.29, 1.82) is 0 Å². The first-order chi connectivity index (χ1) is 13.9. The van der Waals surface area contributed by atoms with Gasteiger partial charge in [-0.25, -0.2) is 4.79 Å². The summed E-state index contributed by atoms with van der Waals surface area (Å²) in [7, 11) is 0. The molecule has 3 N–H and O–H groups in total. The van der Waals surface area contributed by atoms with Crippen molar-refractivity contribution >= 4 is 24.0 Å². The van der Waals surface area contributed by atoms with Crippen LogP contribution in [0.1, 0.15) is 28.4 Å². The minimum atomic E-state index is -1.17. The van der Waals surface area contributed by atoms with Gasteiger partial charge >= 0.3 is 12.1 Å². The van der Waals surface area contributed by atoms with Gasteiger partial charge in [0.1, 0.15) is 19.2 Å². The van der Waals surface area contributed by atoms with Crippen LogP contribution < -0.4 is 10.6 Å². The first-order valence-corrected chi connectivity index (χ1v) is 9.09. The van der Waals surface area contributed by atoms with Crippen LogP contribution in [0.25, 0.3) is 6.08 Å². The number of carbonyl (C=O) groups is 3. The van der Waals surface area contributed by atoms with E-state index >= 15 is 0 Å². The molecule has 152 valence electrons. The molecule has 0 radical (unpaired) electrons. The molecule has 0 saturated heterocycles. The van der Waals surface area contributed by atoms with E-state index in [2.05, 4.69) is 17.2 Å². The normalized spacial score (nSPS) is 11.2. The Morgan fingerprint density at radius 2 is 1.76 bits per heavy atom. The number of alkyl carbamates (subject to hydrolysis) is 1. The van der Waals surface area contributed by atoms with E-state index in [-0.39, 0.29) is 6.54 Å². The summed E-state index contributed by atoms with van der Waals surface area (Å²) in [4.78, 5) is 34.3. The Morgan fingerprint density at radius 3 is 2.45 bits per heavy atom.